The Kier molecular flexibility index (Phi) is 5.93. The van der Waals surface area contributed by atoms with Crippen LogP contribution in [0.2, 0.25) is 0 Å². The van der Waals surface area contributed by atoms with Crippen molar-refractivity contribution >= 4 is 17.5 Å². The number of carbonyl (C=O) groups is 3. The zero-order chi connectivity index (χ0) is 27.8. The first-order chi connectivity index (χ1) is 17.8. The van der Waals surface area contributed by atoms with Crippen LogP contribution in [0, 0.1) is 29.4 Å². The number of halogens is 2. The van der Waals surface area contributed by atoms with Crippen molar-refractivity contribution < 1.29 is 43.6 Å². The second-order valence-electron chi connectivity index (χ2n) is 10.4. The molecule has 1 amide bonds. The molecule has 9 nitrogen and oxygen atoms in total. The molecule has 1 fully saturated rings. The van der Waals surface area contributed by atoms with Gasteiger partial charge in [-0.25, -0.2) is 8.78 Å². The van der Waals surface area contributed by atoms with Crippen LogP contribution in [0.4, 0.5) is 8.78 Å². The monoisotopic (exact) mass is 528 g/mol. The topological polar surface area (TPSA) is 161 Å². The standard InChI is InChI=1S/C27H26F2N2O7/c1-31(2)21-15-8-10-7-14-12(13-4-3-11(28)9-16(13)29)5-6-17(32)19(14)22(33)18(10)24(35)27(15,38)25(36)20(23(21)34)26(30)37/h3-6,9-10,15,20-21,23,32,34-35,38H,7-8H2,1-2H3,(H2,30,37)/t10-,15-,20?,21-,23?,27-/m0/s1. The quantitative estimate of drug-likeness (QED) is 0.372. The highest BCUT2D eigenvalue weighted by Gasteiger charge is 2.66. The lowest BCUT2D eigenvalue weighted by Gasteiger charge is -2.53. The van der Waals surface area contributed by atoms with Gasteiger partial charge in [-0.2, -0.15) is 0 Å². The van der Waals surface area contributed by atoms with E-state index in [-0.39, 0.29) is 40.7 Å². The van der Waals surface area contributed by atoms with Crippen LogP contribution in [-0.2, 0) is 16.0 Å². The van der Waals surface area contributed by atoms with Gasteiger partial charge in [0.2, 0.25) is 5.91 Å². The number of aromatic hydroxyl groups is 1. The number of aliphatic hydroxyl groups is 3. The summed E-state index contributed by atoms with van der Waals surface area (Å²) in [6.45, 7) is 0. The molecule has 0 spiro atoms. The summed E-state index contributed by atoms with van der Waals surface area (Å²) in [4.78, 5) is 40.7. The fourth-order valence-corrected chi connectivity index (χ4v) is 6.57. The smallest absolute Gasteiger partial charge is 0.230 e. The molecule has 200 valence electrons. The van der Waals surface area contributed by atoms with Gasteiger partial charge >= 0.3 is 0 Å². The van der Waals surface area contributed by atoms with Crippen LogP contribution in [0.1, 0.15) is 22.3 Å². The number of allylic oxidation sites excluding steroid dienone is 1. The van der Waals surface area contributed by atoms with E-state index in [1.54, 1.807) is 14.1 Å². The Morgan fingerprint density at radius 1 is 1.11 bits per heavy atom. The molecule has 0 aromatic heterocycles. The summed E-state index contributed by atoms with van der Waals surface area (Å²) in [6, 6.07) is 4.54. The number of Topliss-reactive ketones (excluding diaryl/α,β-unsaturated/α-hetero) is 2. The summed E-state index contributed by atoms with van der Waals surface area (Å²) in [7, 11) is 3.13. The van der Waals surface area contributed by atoms with E-state index in [2.05, 4.69) is 0 Å². The van der Waals surface area contributed by atoms with E-state index in [9.17, 15) is 43.6 Å². The fourth-order valence-electron chi connectivity index (χ4n) is 6.57. The highest BCUT2D eigenvalue weighted by Crippen LogP contribution is 2.53. The Labute approximate surface area is 215 Å². The second-order valence-corrected chi connectivity index (χ2v) is 10.4. The number of phenols is 1. The van der Waals surface area contributed by atoms with Gasteiger partial charge in [0.25, 0.3) is 0 Å². The molecule has 0 heterocycles. The maximum atomic E-state index is 14.7. The molecule has 0 radical (unpaired) electrons. The molecule has 1 saturated carbocycles. The number of amides is 1. The molecule has 2 aromatic carbocycles. The van der Waals surface area contributed by atoms with Gasteiger partial charge in [-0.05, 0) is 62.2 Å². The van der Waals surface area contributed by atoms with Crippen molar-refractivity contribution in [3.05, 3.63) is 64.4 Å². The molecule has 0 saturated heterocycles. The van der Waals surface area contributed by atoms with Crippen molar-refractivity contribution in [3.8, 4) is 16.9 Å². The lowest BCUT2D eigenvalue weighted by atomic mass is 9.55. The third kappa shape index (κ3) is 3.42. The van der Waals surface area contributed by atoms with E-state index in [0.717, 1.165) is 6.07 Å². The van der Waals surface area contributed by atoms with Gasteiger partial charge in [-0.1, -0.05) is 6.07 Å². The zero-order valence-corrected chi connectivity index (χ0v) is 20.5. The number of primary amides is 1. The molecule has 0 bridgehead atoms. The minimum atomic E-state index is -2.69. The van der Waals surface area contributed by atoms with E-state index in [0.29, 0.717) is 6.07 Å². The lowest BCUT2D eigenvalue weighted by molar-refractivity contribution is -0.178. The Bertz CT molecular complexity index is 1440. The van der Waals surface area contributed by atoms with Crippen molar-refractivity contribution in [3.63, 3.8) is 0 Å². The first-order valence-corrected chi connectivity index (χ1v) is 12.0. The normalized spacial score (nSPS) is 30.7. The van der Waals surface area contributed by atoms with Gasteiger partial charge in [0.15, 0.2) is 17.2 Å². The largest absolute Gasteiger partial charge is 0.508 e. The highest BCUT2D eigenvalue weighted by molar-refractivity contribution is 6.16. The Hall–Kier alpha value is -3.67. The number of benzene rings is 2. The molecule has 2 aromatic rings. The first-order valence-electron chi connectivity index (χ1n) is 12.0. The molecular weight excluding hydrogens is 502 g/mol. The molecule has 2 unspecified atom stereocenters. The third-order valence-electron chi connectivity index (χ3n) is 8.20. The van der Waals surface area contributed by atoms with Gasteiger partial charge in [0, 0.05) is 29.2 Å². The highest BCUT2D eigenvalue weighted by atomic mass is 19.1. The van der Waals surface area contributed by atoms with Crippen molar-refractivity contribution in [2.45, 2.75) is 30.6 Å². The average molecular weight is 529 g/mol. The van der Waals surface area contributed by atoms with Crippen LogP contribution in [-0.4, -0.2) is 74.6 Å². The van der Waals surface area contributed by atoms with Crippen LogP contribution in [0.15, 0.2) is 41.7 Å². The number of fused-ring (bicyclic) bond motifs is 3. The van der Waals surface area contributed by atoms with Crippen LogP contribution >= 0.6 is 0 Å². The number of phenolic OH excluding ortho intramolecular Hbond substituents is 1. The van der Waals surface area contributed by atoms with E-state index in [1.807, 2.05) is 0 Å². The number of aliphatic hydroxyl groups excluding tert-OH is 2. The Balaban J connectivity index is 1.72. The first kappa shape index (κ1) is 26.0. The van der Waals surface area contributed by atoms with Gasteiger partial charge in [0.1, 0.15) is 29.1 Å². The second kappa shape index (κ2) is 8.69. The minimum absolute atomic E-state index is 0.00171. The maximum Gasteiger partial charge on any atom is 0.230 e. The van der Waals surface area contributed by atoms with E-state index >= 15 is 0 Å². The summed E-state index contributed by atoms with van der Waals surface area (Å²) in [5.41, 5.74) is 2.61. The van der Waals surface area contributed by atoms with Crippen molar-refractivity contribution in [1.82, 2.24) is 4.90 Å². The summed E-state index contributed by atoms with van der Waals surface area (Å²) < 4.78 is 28.3. The van der Waals surface area contributed by atoms with Crippen LogP contribution in [0.3, 0.4) is 0 Å². The predicted octanol–water partition coefficient (Wildman–Crippen LogP) is 1.23. The maximum absolute atomic E-state index is 14.7. The number of nitrogens with zero attached hydrogens (tertiary/aromatic N) is 1. The molecule has 3 aliphatic rings. The summed E-state index contributed by atoms with van der Waals surface area (Å²) >= 11 is 0. The fraction of sp³-hybridized carbons (Fsp3) is 0.370. The number of carbonyl (C=O) groups excluding carboxylic acids is 3. The summed E-state index contributed by atoms with van der Waals surface area (Å²) in [6.07, 6.45) is -1.66. The molecule has 5 rings (SSSR count). The molecule has 0 aliphatic heterocycles. The van der Waals surface area contributed by atoms with Crippen molar-refractivity contribution in [2.24, 2.45) is 23.5 Å². The van der Waals surface area contributed by atoms with E-state index < -0.39 is 76.1 Å². The average Bonchev–Trinajstić information content (AvgIpc) is 2.81. The van der Waals surface area contributed by atoms with Crippen LogP contribution in [0.25, 0.3) is 11.1 Å². The third-order valence-corrected chi connectivity index (χ3v) is 8.20. The summed E-state index contributed by atoms with van der Waals surface area (Å²) in [5, 5.41) is 44.5. The van der Waals surface area contributed by atoms with Crippen LogP contribution in [0.5, 0.6) is 5.75 Å². The molecule has 11 heteroatoms. The number of hydrogen-bond acceptors (Lipinski definition) is 8. The minimum Gasteiger partial charge on any atom is -0.508 e. The number of hydrogen-bond donors (Lipinski definition) is 5. The molecule has 3 aliphatic carbocycles. The van der Waals surface area contributed by atoms with E-state index in [1.165, 1.54) is 23.1 Å². The summed E-state index contributed by atoms with van der Waals surface area (Å²) in [5.74, 6) is -10.1. The van der Waals surface area contributed by atoms with Gasteiger partial charge in [-0.3, -0.25) is 14.4 Å². The van der Waals surface area contributed by atoms with Gasteiger partial charge in [-0.15, -0.1) is 0 Å². The molecule has 38 heavy (non-hydrogen) atoms. The van der Waals surface area contributed by atoms with Crippen molar-refractivity contribution in [1.29, 1.82) is 0 Å². The Morgan fingerprint density at radius 2 is 1.76 bits per heavy atom. The molecular formula is C27H26F2N2O7. The van der Waals surface area contributed by atoms with Gasteiger partial charge < -0.3 is 31.1 Å². The predicted molar refractivity (Wildman–Crippen MR) is 129 cm³/mol. The lowest BCUT2D eigenvalue weighted by Crippen LogP contribution is -2.71. The SMILES string of the molecule is CN(C)[C@@H]1C(O)C(C(N)=O)C(=O)[C@@]2(O)C(O)=C3C(=O)c4c(O)ccc(-c5ccc(F)cc5F)c4C[C@H]3C[C@@H]12. The van der Waals surface area contributed by atoms with Crippen LogP contribution < -0.4 is 5.73 Å². The Morgan fingerprint density at radius 3 is 2.37 bits per heavy atom. The molecule has 6 atom stereocenters. The van der Waals surface area contributed by atoms with Crippen molar-refractivity contribution in [2.75, 3.05) is 14.1 Å². The molecule has 6 N–H and O–H groups in total. The number of rotatable bonds is 3. The van der Waals surface area contributed by atoms with E-state index in [4.69, 9.17) is 5.73 Å². The number of nitrogens with two attached hydrogens (primary N) is 1. The number of ketones is 2. The zero-order valence-electron chi connectivity index (χ0n) is 20.5. The van der Waals surface area contributed by atoms with Gasteiger partial charge in [0.05, 0.1) is 11.7 Å². The number of likely N-dealkylation sites (N-methyl/N-ethyl adjacent to an activating group) is 1.